The van der Waals surface area contributed by atoms with Crippen molar-refractivity contribution in [2.75, 3.05) is 13.7 Å². The Morgan fingerprint density at radius 3 is 2.36 bits per heavy atom. The summed E-state index contributed by atoms with van der Waals surface area (Å²) in [7, 11) is 1.39. The van der Waals surface area contributed by atoms with Crippen molar-refractivity contribution in [3.63, 3.8) is 0 Å². The molecule has 1 fully saturated rings. The zero-order valence-corrected chi connectivity index (χ0v) is 13.6. The van der Waals surface area contributed by atoms with Crippen molar-refractivity contribution in [3.8, 4) is 0 Å². The molecule has 0 bridgehead atoms. The SMILES string of the molecule is COC(=O)C(C)CN(C(=O)C1CCC1)C(C)c1ccccc1. The molecule has 1 aliphatic rings. The second kappa shape index (κ2) is 7.43. The molecule has 0 heterocycles. The molecular formula is C18H25NO3. The van der Waals surface area contributed by atoms with Crippen molar-refractivity contribution in [1.82, 2.24) is 4.90 Å². The Morgan fingerprint density at radius 1 is 1.23 bits per heavy atom. The van der Waals surface area contributed by atoms with Crippen molar-refractivity contribution >= 4 is 11.9 Å². The van der Waals surface area contributed by atoms with Crippen molar-refractivity contribution in [2.24, 2.45) is 11.8 Å². The number of carbonyl (C=O) groups excluding carboxylic acids is 2. The van der Waals surface area contributed by atoms with Crippen LogP contribution in [-0.2, 0) is 14.3 Å². The first kappa shape index (κ1) is 16.5. The molecule has 1 aromatic carbocycles. The molecular weight excluding hydrogens is 278 g/mol. The van der Waals surface area contributed by atoms with Gasteiger partial charge in [-0.1, -0.05) is 43.7 Å². The molecule has 2 atom stereocenters. The maximum atomic E-state index is 12.8. The zero-order valence-electron chi connectivity index (χ0n) is 13.6. The van der Waals surface area contributed by atoms with Crippen LogP contribution >= 0.6 is 0 Å². The number of amides is 1. The van der Waals surface area contributed by atoms with Gasteiger partial charge in [0, 0.05) is 12.5 Å². The Bertz CT molecular complexity index is 510. The molecule has 0 aliphatic heterocycles. The van der Waals surface area contributed by atoms with Crippen LogP contribution in [0.5, 0.6) is 0 Å². The van der Waals surface area contributed by atoms with Crippen LogP contribution in [0, 0.1) is 11.8 Å². The molecule has 0 radical (unpaired) electrons. The summed E-state index contributed by atoms with van der Waals surface area (Å²) >= 11 is 0. The minimum absolute atomic E-state index is 0.0404. The molecule has 0 saturated heterocycles. The van der Waals surface area contributed by atoms with Gasteiger partial charge < -0.3 is 9.64 Å². The van der Waals surface area contributed by atoms with E-state index in [9.17, 15) is 9.59 Å². The smallest absolute Gasteiger partial charge is 0.310 e. The number of hydrogen-bond acceptors (Lipinski definition) is 3. The minimum Gasteiger partial charge on any atom is -0.469 e. The minimum atomic E-state index is -0.319. The number of rotatable bonds is 6. The summed E-state index contributed by atoms with van der Waals surface area (Å²) in [6.07, 6.45) is 3.05. The van der Waals surface area contributed by atoms with Crippen LogP contribution in [0.1, 0.15) is 44.7 Å². The molecule has 0 spiro atoms. The van der Waals surface area contributed by atoms with Gasteiger partial charge in [0.2, 0.25) is 5.91 Å². The Morgan fingerprint density at radius 2 is 1.86 bits per heavy atom. The van der Waals surface area contributed by atoms with E-state index in [2.05, 4.69) is 0 Å². The van der Waals surface area contributed by atoms with Gasteiger partial charge in [-0.15, -0.1) is 0 Å². The lowest BCUT2D eigenvalue weighted by Gasteiger charge is -2.36. The number of carbonyl (C=O) groups is 2. The van der Waals surface area contributed by atoms with Crippen LogP contribution in [-0.4, -0.2) is 30.4 Å². The van der Waals surface area contributed by atoms with E-state index in [0.717, 1.165) is 24.8 Å². The summed E-state index contributed by atoms with van der Waals surface area (Å²) < 4.78 is 4.80. The second-order valence-electron chi connectivity index (χ2n) is 6.13. The molecule has 1 aliphatic carbocycles. The zero-order chi connectivity index (χ0) is 16.1. The van der Waals surface area contributed by atoms with Gasteiger partial charge >= 0.3 is 5.97 Å². The molecule has 120 valence electrons. The fraction of sp³-hybridized carbons (Fsp3) is 0.556. The summed E-state index contributed by atoms with van der Waals surface area (Å²) in [6, 6.07) is 9.92. The fourth-order valence-corrected chi connectivity index (χ4v) is 2.81. The second-order valence-corrected chi connectivity index (χ2v) is 6.13. The molecule has 22 heavy (non-hydrogen) atoms. The van der Waals surface area contributed by atoms with E-state index >= 15 is 0 Å². The van der Waals surface area contributed by atoms with Crippen LogP contribution in [0.3, 0.4) is 0 Å². The topological polar surface area (TPSA) is 46.6 Å². The van der Waals surface area contributed by atoms with Gasteiger partial charge in [0.05, 0.1) is 19.1 Å². The number of hydrogen-bond donors (Lipinski definition) is 0. The first-order valence-corrected chi connectivity index (χ1v) is 7.97. The van der Waals surface area contributed by atoms with E-state index in [1.165, 1.54) is 7.11 Å². The normalized spacial score (nSPS) is 17.2. The number of nitrogens with zero attached hydrogens (tertiary/aromatic N) is 1. The Kier molecular flexibility index (Phi) is 5.58. The highest BCUT2D eigenvalue weighted by Crippen LogP contribution is 2.32. The number of esters is 1. The molecule has 1 aromatic rings. The highest BCUT2D eigenvalue weighted by molar-refractivity contribution is 5.81. The van der Waals surface area contributed by atoms with Gasteiger partial charge in [0.15, 0.2) is 0 Å². The molecule has 1 amide bonds. The van der Waals surface area contributed by atoms with Crippen molar-refractivity contribution in [2.45, 2.75) is 39.2 Å². The van der Waals surface area contributed by atoms with Gasteiger partial charge in [-0.2, -0.15) is 0 Å². The molecule has 2 rings (SSSR count). The summed E-state index contributed by atoms with van der Waals surface area (Å²) in [6.45, 7) is 4.23. The molecule has 2 unspecified atom stereocenters. The van der Waals surface area contributed by atoms with Crippen LogP contribution in [0.2, 0.25) is 0 Å². The summed E-state index contributed by atoms with van der Waals surface area (Å²) in [4.78, 5) is 26.3. The summed E-state index contributed by atoms with van der Waals surface area (Å²) in [5.41, 5.74) is 1.09. The number of methoxy groups -OCH3 is 1. The lowest BCUT2D eigenvalue weighted by molar-refractivity contribution is -0.148. The van der Waals surface area contributed by atoms with E-state index in [4.69, 9.17) is 4.74 Å². The Hall–Kier alpha value is -1.84. The number of benzene rings is 1. The summed E-state index contributed by atoms with van der Waals surface area (Å²) in [5.74, 6) is -0.304. The molecule has 1 saturated carbocycles. The Balaban J connectivity index is 2.16. The lowest BCUT2D eigenvalue weighted by Crippen LogP contribution is -2.43. The highest BCUT2D eigenvalue weighted by atomic mass is 16.5. The van der Waals surface area contributed by atoms with Gasteiger partial charge in [-0.25, -0.2) is 0 Å². The third kappa shape index (κ3) is 3.67. The predicted molar refractivity (Wildman–Crippen MR) is 85.1 cm³/mol. The molecule has 4 heteroatoms. The Labute approximate surface area is 132 Å². The largest absolute Gasteiger partial charge is 0.469 e. The van der Waals surface area contributed by atoms with Gasteiger partial charge in [0.25, 0.3) is 0 Å². The molecule has 0 N–H and O–H groups in total. The first-order valence-electron chi connectivity index (χ1n) is 7.97. The van der Waals surface area contributed by atoms with E-state index in [-0.39, 0.29) is 29.8 Å². The summed E-state index contributed by atoms with van der Waals surface area (Å²) in [5, 5.41) is 0. The molecule has 0 aromatic heterocycles. The maximum absolute atomic E-state index is 12.8. The van der Waals surface area contributed by atoms with E-state index in [1.54, 1.807) is 0 Å². The van der Waals surface area contributed by atoms with Crippen LogP contribution in [0.25, 0.3) is 0 Å². The van der Waals surface area contributed by atoms with Crippen molar-refractivity contribution in [1.29, 1.82) is 0 Å². The van der Waals surface area contributed by atoms with Crippen LogP contribution in [0.4, 0.5) is 0 Å². The van der Waals surface area contributed by atoms with Gasteiger partial charge in [-0.05, 0) is 25.3 Å². The van der Waals surface area contributed by atoms with Gasteiger partial charge in [0.1, 0.15) is 0 Å². The number of ether oxygens (including phenoxy) is 1. The highest BCUT2D eigenvalue weighted by Gasteiger charge is 2.33. The average Bonchev–Trinajstić information content (AvgIpc) is 2.49. The van der Waals surface area contributed by atoms with Crippen LogP contribution in [0.15, 0.2) is 30.3 Å². The van der Waals surface area contributed by atoms with E-state index in [0.29, 0.717) is 6.54 Å². The van der Waals surface area contributed by atoms with E-state index in [1.807, 2.05) is 49.1 Å². The fourth-order valence-electron chi connectivity index (χ4n) is 2.81. The molecule has 4 nitrogen and oxygen atoms in total. The third-order valence-corrected chi connectivity index (χ3v) is 4.56. The average molecular weight is 303 g/mol. The first-order chi connectivity index (χ1) is 10.5. The lowest BCUT2D eigenvalue weighted by atomic mass is 9.83. The predicted octanol–water partition coefficient (Wildman–Crippen LogP) is 3.19. The maximum Gasteiger partial charge on any atom is 0.310 e. The van der Waals surface area contributed by atoms with Crippen molar-refractivity contribution in [3.05, 3.63) is 35.9 Å². The third-order valence-electron chi connectivity index (χ3n) is 4.56. The van der Waals surface area contributed by atoms with E-state index < -0.39 is 0 Å². The van der Waals surface area contributed by atoms with Gasteiger partial charge in [-0.3, -0.25) is 9.59 Å². The van der Waals surface area contributed by atoms with Crippen molar-refractivity contribution < 1.29 is 14.3 Å². The quantitative estimate of drug-likeness (QED) is 0.758. The van der Waals surface area contributed by atoms with Crippen LogP contribution < -0.4 is 0 Å². The standard InChI is InChI=1S/C18H25NO3/c1-13(18(21)22-3)12-19(17(20)16-10-7-11-16)14(2)15-8-5-4-6-9-15/h4-6,8-9,13-14,16H,7,10-12H2,1-3H3. The monoisotopic (exact) mass is 303 g/mol.